The first kappa shape index (κ1) is 23.2. The van der Waals surface area contributed by atoms with Crippen LogP contribution in [0.2, 0.25) is 5.02 Å². The Bertz CT molecular complexity index is 1340. The second-order valence-electron chi connectivity index (χ2n) is 7.87. The third-order valence-electron chi connectivity index (χ3n) is 5.29. The smallest absolute Gasteiger partial charge is 0.356 e. The molecule has 0 bridgehead atoms. The van der Waals surface area contributed by atoms with Crippen molar-refractivity contribution in [3.8, 4) is 0 Å². The summed E-state index contributed by atoms with van der Waals surface area (Å²) in [6.45, 7) is 4.98. The molecule has 0 aliphatic rings. The van der Waals surface area contributed by atoms with Crippen LogP contribution in [0.25, 0.3) is 5.65 Å². The molecule has 4 rings (SSSR count). The third-order valence-corrected chi connectivity index (χ3v) is 6.10. The number of alkyl halides is 1. The van der Waals surface area contributed by atoms with E-state index in [2.05, 4.69) is 36.4 Å². The highest BCUT2D eigenvalue weighted by Crippen LogP contribution is 2.34. The second kappa shape index (κ2) is 9.11. The molecule has 3 heterocycles. The van der Waals surface area contributed by atoms with Gasteiger partial charge < -0.3 is 15.0 Å². The molecule has 0 aliphatic carbocycles. The largest absolute Gasteiger partial charge is 0.476 e. The van der Waals surface area contributed by atoms with Crippen molar-refractivity contribution >= 4 is 44.8 Å². The number of anilines is 1. The number of carboxylic acid groups (broad SMARTS) is 1. The molecular weight excluding hydrogens is 515 g/mol. The Labute approximate surface area is 202 Å². The first-order valence-electron chi connectivity index (χ1n) is 10.1. The predicted octanol–water partition coefficient (Wildman–Crippen LogP) is 5.60. The minimum absolute atomic E-state index is 0.0745. The number of aromatic nitrogens is 5. The maximum Gasteiger partial charge on any atom is 0.356 e. The summed E-state index contributed by atoms with van der Waals surface area (Å²) in [6.07, 6.45) is 1.70. The van der Waals surface area contributed by atoms with Crippen LogP contribution in [0, 0.1) is 6.92 Å². The summed E-state index contributed by atoms with van der Waals surface area (Å²) in [6, 6.07) is 8.33. The van der Waals surface area contributed by atoms with Crippen molar-refractivity contribution < 1.29 is 14.3 Å². The highest BCUT2D eigenvalue weighted by Gasteiger charge is 2.30. The van der Waals surface area contributed by atoms with Gasteiger partial charge in [0.05, 0.1) is 17.4 Å². The van der Waals surface area contributed by atoms with Crippen LogP contribution in [0.5, 0.6) is 0 Å². The molecule has 0 aliphatic heterocycles. The first-order valence-corrected chi connectivity index (χ1v) is 11.3. The molecule has 4 aromatic rings. The summed E-state index contributed by atoms with van der Waals surface area (Å²) in [5.41, 5.74) is 3.16. The van der Waals surface area contributed by atoms with Crippen LogP contribution in [-0.2, 0) is 6.67 Å². The summed E-state index contributed by atoms with van der Waals surface area (Å²) in [5.74, 6) is -0.961. The van der Waals surface area contributed by atoms with Gasteiger partial charge in [-0.25, -0.2) is 14.2 Å². The van der Waals surface area contributed by atoms with Gasteiger partial charge in [-0.2, -0.15) is 0 Å². The van der Waals surface area contributed by atoms with Crippen LogP contribution in [0.15, 0.2) is 41.3 Å². The Balaban J connectivity index is 1.93. The van der Waals surface area contributed by atoms with Crippen LogP contribution in [0.1, 0.15) is 59.1 Å². The fourth-order valence-electron chi connectivity index (χ4n) is 3.85. The third kappa shape index (κ3) is 4.32. The molecule has 1 unspecified atom stereocenters. The molecule has 8 nitrogen and oxygen atoms in total. The van der Waals surface area contributed by atoms with Gasteiger partial charge in [-0.05, 0) is 66.0 Å². The molecule has 0 amide bonds. The number of carboxylic acids is 1. The van der Waals surface area contributed by atoms with Crippen LogP contribution in [0.3, 0.4) is 0 Å². The summed E-state index contributed by atoms with van der Waals surface area (Å²) in [7, 11) is 0. The van der Waals surface area contributed by atoms with Crippen molar-refractivity contribution in [3.63, 3.8) is 0 Å². The van der Waals surface area contributed by atoms with E-state index >= 15 is 0 Å². The fourth-order valence-corrected chi connectivity index (χ4v) is 4.75. The standard InChI is InChI=1S/C22H21BrClFN6O2/c1-11(2)31-19(18(21(32)33)27-22(31)23)17(13-4-6-14(24)7-5-13)26-15-8-12(3)20-29-28-16(9-25)30(20)10-15/h4-8,10-11,17,26H,9H2,1-3H3,(H,32,33). The molecule has 0 saturated heterocycles. The number of nitrogens with zero attached hydrogens (tertiary/aromatic N) is 5. The lowest BCUT2D eigenvalue weighted by atomic mass is 10.0. The molecule has 172 valence electrons. The number of hydrogen-bond donors (Lipinski definition) is 2. The number of fused-ring (bicyclic) bond motifs is 1. The number of nitrogens with one attached hydrogen (secondary N) is 1. The fraction of sp³-hybridized carbons (Fsp3) is 0.273. The predicted molar refractivity (Wildman–Crippen MR) is 127 cm³/mol. The van der Waals surface area contributed by atoms with Crippen molar-refractivity contribution in [2.75, 3.05) is 5.32 Å². The Morgan fingerprint density at radius 1 is 1.27 bits per heavy atom. The van der Waals surface area contributed by atoms with Gasteiger partial charge in [0.1, 0.15) is 6.67 Å². The van der Waals surface area contributed by atoms with Crippen LogP contribution in [-0.4, -0.2) is 35.2 Å². The minimum atomic E-state index is -1.14. The van der Waals surface area contributed by atoms with E-state index in [0.717, 1.165) is 11.1 Å². The van der Waals surface area contributed by atoms with Gasteiger partial charge in [-0.1, -0.05) is 23.7 Å². The molecule has 33 heavy (non-hydrogen) atoms. The average Bonchev–Trinajstić information content (AvgIpc) is 3.34. The summed E-state index contributed by atoms with van der Waals surface area (Å²) in [5, 5.41) is 21.8. The number of benzene rings is 1. The van der Waals surface area contributed by atoms with Crippen molar-refractivity contribution in [2.45, 2.75) is 39.5 Å². The van der Waals surface area contributed by atoms with Gasteiger partial charge in [-0.3, -0.25) is 4.40 Å². The molecular formula is C22H21BrClFN6O2. The number of carbonyl (C=O) groups is 1. The number of hydrogen-bond acceptors (Lipinski definition) is 5. The molecule has 3 aromatic heterocycles. The lowest BCUT2D eigenvalue weighted by Crippen LogP contribution is -2.21. The molecule has 0 fully saturated rings. The van der Waals surface area contributed by atoms with Gasteiger partial charge in [0.25, 0.3) is 0 Å². The zero-order valence-corrected chi connectivity index (χ0v) is 20.4. The molecule has 0 radical (unpaired) electrons. The van der Waals surface area contributed by atoms with Gasteiger partial charge in [0.15, 0.2) is 21.9 Å². The number of imidazole rings is 1. The molecule has 2 N–H and O–H groups in total. The first-order chi connectivity index (χ1) is 15.7. The van der Waals surface area contributed by atoms with E-state index in [1.165, 1.54) is 0 Å². The van der Waals surface area contributed by atoms with Crippen LogP contribution >= 0.6 is 27.5 Å². The summed E-state index contributed by atoms with van der Waals surface area (Å²) in [4.78, 5) is 16.4. The van der Waals surface area contributed by atoms with E-state index in [1.54, 1.807) is 22.7 Å². The second-order valence-corrected chi connectivity index (χ2v) is 9.01. The summed E-state index contributed by atoms with van der Waals surface area (Å²) < 4.78 is 17.3. The molecule has 1 atom stereocenters. The minimum Gasteiger partial charge on any atom is -0.476 e. The quantitative estimate of drug-likeness (QED) is 0.320. The van der Waals surface area contributed by atoms with Crippen LogP contribution < -0.4 is 5.32 Å². The normalized spacial score (nSPS) is 12.5. The Hall–Kier alpha value is -2.98. The highest BCUT2D eigenvalue weighted by atomic mass is 79.9. The Kier molecular flexibility index (Phi) is 6.40. The van der Waals surface area contributed by atoms with E-state index in [4.69, 9.17) is 11.6 Å². The zero-order chi connectivity index (χ0) is 23.9. The van der Waals surface area contributed by atoms with Gasteiger partial charge in [0.2, 0.25) is 0 Å². The number of aryl methyl sites for hydroxylation is 1. The number of rotatable bonds is 7. The van der Waals surface area contributed by atoms with Gasteiger partial charge in [0, 0.05) is 17.3 Å². The molecule has 1 aromatic carbocycles. The average molecular weight is 536 g/mol. The van der Waals surface area contributed by atoms with Crippen molar-refractivity contribution in [2.24, 2.45) is 0 Å². The molecule has 11 heteroatoms. The van der Waals surface area contributed by atoms with E-state index in [0.29, 0.717) is 26.8 Å². The SMILES string of the molecule is Cc1cc(NC(c2ccc(Cl)cc2)c2c(C(=O)O)nc(Br)n2C(C)C)cn2c(CF)nnc12. The Morgan fingerprint density at radius 3 is 2.58 bits per heavy atom. The zero-order valence-electron chi connectivity index (χ0n) is 18.1. The van der Waals surface area contributed by atoms with E-state index < -0.39 is 18.7 Å². The van der Waals surface area contributed by atoms with Gasteiger partial charge >= 0.3 is 5.97 Å². The maximum atomic E-state index is 13.4. The van der Waals surface area contributed by atoms with Crippen molar-refractivity contribution in [3.05, 3.63) is 74.6 Å². The van der Waals surface area contributed by atoms with Gasteiger partial charge in [-0.15, -0.1) is 10.2 Å². The number of pyridine rings is 1. The Morgan fingerprint density at radius 2 is 1.97 bits per heavy atom. The van der Waals surface area contributed by atoms with Crippen LogP contribution in [0.4, 0.5) is 10.1 Å². The molecule has 0 spiro atoms. The van der Waals surface area contributed by atoms with Crippen molar-refractivity contribution in [1.82, 2.24) is 24.1 Å². The van der Waals surface area contributed by atoms with E-state index in [9.17, 15) is 14.3 Å². The monoisotopic (exact) mass is 534 g/mol. The summed E-state index contributed by atoms with van der Waals surface area (Å²) >= 11 is 9.51. The number of aromatic carboxylic acids is 1. The topological polar surface area (TPSA) is 97.3 Å². The number of halogens is 3. The molecule has 0 saturated carbocycles. The highest BCUT2D eigenvalue weighted by molar-refractivity contribution is 9.10. The maximum absolute atomic E-state index is 13.4. The van der Waals surface area contributed by atoms with E-state index in [-0.39, 0.29) is 17.6 Å². The van der Waals surface area contributed by atoms with Crippen molar-refractivity contribution in [1.29, 1.82) is 0 Å². The lowest BCUT2D eigenvalue weighted by Gasteiger charge is -2.25. The van der Waals surface area contributed by atoms with E-state index in [1.807, 2.05) is 43.5 Å². The lowest BCUT2D eigenvalue weighted by molar-refractivity contribution is 0.0689.